The molecule has 0 fully saturated rings. The van der Waals surface area contributed by atoms with Gasteiger partial charge in [0.2, 0.25) is 5.22 Å². The van der Waals surface area contributed by atoms with Gasteiger partial charge in [-0.3, -0.25) is 0 Å². The largest absolute Gasteiger partial charge is 0.344 e. The molecule has 0 atom stereocenters. The average molecular weight is 194 g/mol. The molecular formula is C10H8ClNO. The molecule has 0 N–H and O–H groups in total. The van der Waals surface area contributed by atoms with E-state index in [1.165, 1.54) is 5.56 Å². The summed E-state index contributed by atoms with van der Waals surface area (Å²) in [6.45, 7) is 2.03. The summed E-state index contributed by atoms with van der Waals surface area (Å²) in [6, 6.07) is 8.03. The fraction of sp³-hybridized carbons (Fsp3) is 0.100. The second kappa shape index (κ2) is 3.23. The SMILES string of the molecule is Cc1cccc(-c2cnoc2Cl)c1. The van der Waals surface area contributed by atoms with E-state index in [1.807, 2.05) is 31.2 Å². The highest BCUT2D eigenvalue weighted by atomic mass is 35.5. The molecular weight excluding hydrogens is 186 g/mol. The van der Waals surface area contributed by atoms with Crippen molar-refractivity contribution in [2.24, 2.45) is 0 Å². The Labute approximate surface area is 81.1 Å². The zero-order valence-electron chi connectivity index (χ0n) is 7.12. The lowest BCUT2D eigenvalue weighted by Gasteiger charge is -1.97. The predicted molar refractivity (Wildman–Crippen MR) is 51.7 cm³/mol. The van der Waals surface area contributed by atoms with Gasteiger partial charge in [-0.2, -0.15) is 0 Å². The lowest BCUT2D eigenvalue weighted by Crippen LogP contribution is -1.76. The Morgan fingerprint density at radius 2 is 2.23 bits per heavy atom. The van der Waals surface area contributed by atoms with E-state index >= 15 is 0 Å². The summed E-state index contributed by atoms with van der Waals surface area (Å²) in [5.74, 6) is 0. The third-order valence-electron chi connectivity index (χ3n) is 1.86. The van der Waals surface area contributed by atoms with Gasteiger partial charge in [-0.05, 0) is 24.1 Å². The molecule has 0 aliphatic heterocycles. The van der Waals surface area contributed by atoms with Crippen molar-refractivity contribution in [2.75, 3.05) is 0 Å². The van der Waals surface area contributed by atoms with Gasteiger partial charge in [0.15, 0.2) is 0 Å². The number of nitrogens with zero attached hydrogens (tertiary/aromatic N) is 1. The molecule has 0 radical (unpaired) electrons. The molecule has 0 aliphatic carbocycles. The second-order valence-corrected chi connectivity index (χ2v) is 3.23. The third-order valence-corrected chi connectivity index (χ3v) is 2.13. The zero-order chi connectivity index (χ0) is 9.26. The van der Waals surface area contributed by atoms with Crippen LogP contribution < -0.4 is 0 Å². The highest BCUT2D eigenvalue weighted by Gasteiger charge is 2.06. The van der Waals surface area contributed by atoms with Gasteiger partial charge in [-0.25, -0.2) is 0 Å². The molecule has 66 valence electrons. The van der Waals surface area contributed by atoms with E-state index in [0.717, 1.165) is 11.1 Å². The number of halogens is 1. The van der Waals surface area contributed by atoms with Crippen LogP contribution in [0.1, 0.15) is 5.56 Å². The van der Waals surface area contributed by atoms with E-state index in [-0.39, 0.29) is 0 Å². The van der Waals surface area contributed by atoms with Gasteiger partial charge >= 0.3 is 0 Å². The minimum Gasteiger partial charge on any atom is -0.344 e. The number of benzene rings is 1. The number of hydrogen-bond donors (Lipinski definition) is 0. The van der Waals surface area contributed by atoms with Crippen LogP contribution in [0.4, 0.5) is 0 Å². The highest BCUT2D eigenvalue weighted by molar-refractivity contribution is 6.31. The molecule has 1 aromatic carbocycles. The predicted octanol–water partition coefficient (Wildman–Crippen LogP) is 3.30. The molecule has 0 aliphatic rings. The van der Waals surface area contributed by atoms with Gasteiger partial charge in [0.25, 0.3) is 0 Å². The van der Waals surface area contributed by atoms with Gasteiger partial charge in [0.05, 0.1) is 11.8 Å². The molecule has 3 heteroatoms. The average Bonchev–Trinajstić information content (AvgIpc) is 2.51. The Balaban J connectivity index is 2.53. The first-order valence-corrected chi connectivity index (χ1v) is 4.32. The van der Waals surface area contributed by atoms with E-state index in [4.69, 9.17) is 16.1 Å². The van der Waals surface area contributed by atoms with E-state index in [2.05, 4.69) is 5.16 Å². The van der Waals surface area contributed by atoms with Crippen LogP contribution in [0.25, 0.3) is 11.1 Å². The van der Waals surface area contributed by atoms with Crippen molar-refractivity contribution in [1.29, 1.82) is 0 Å². The second-order valence-electron chi connectivity index (χ2n) is 2.88. The molecule has 2 nitrogen and oxygen atoms in total. The number of aromatic nitrogens is 1. The Hall–Kier alpha value is -1.28. The maximum absolute atomic E-state index is 5.80. The van der Waals surface area contributed by atoms with E-state index in [1.54, 1.807) is 6.20 Å². The summed E-state index contributed by atoms with van der Waals surface area (Å²) in [7, 11) is 0. The summed E-state index contributed by atoms with van der Waals surface area (Å²) in [4.78, 5) is 0. The highest BCUT2D eigenvalue weighted by Crippen LogP contribution is 2.27. The van der Waals surface area contributed by atoms with Crippen LogP contribution in [0.2, 0.25) is 5.22 Å². The Morgan fingerprint density at radius 1 is 1.38 bits per heavy atom. The van der Waals surface area contributed by atoms with Crippen LogP contribution in [0.5, 0.6) is 0 Å². The van der Waals surface area contributed by atoms with Crippen molar-refractivity contribution in [2.45, 2.75) is 6.92 Å². The monoisotopic (exact) mass is 193 g/mol. The maximum Gasteiger partial charge on any atom is 0.233 e. The van der Waals surface area contributed by atoms with E-state index in [9.17, 15) is 0 Å². The van der Waals surface area contributed by atoms with Crippen LogP contribution in [0, 0.1) is 6.92 Å². The minimum absolute atomic E-state index is 0.339. The molecule has 1 aromatic heterocycles. The van der Waals surface area contributed by atoms with Crippen molar-refractivity contribution >= 4 is 11.6 Å². The molecule has 2 rings (SSSR count). The standard InChI is InChI=1S/C10H8ClNO/c1-7-3-2-4-8(5-7)9-6-12-13-10(9)11/h2-6H,1H3. The minimum atomic E-state index is 0.339. The summed E-state index contributed by atoms with van der Waals surface area (Å²) in [5.41, 5.74) is 3.06. The van der Waals surface area contributed by atoms with Crippen molar-refractivity contribution in [3.63, 3.8) is 0 Å². The molecule has 0 spiro atoms. The normalized spacial score (nSPS) is 10.3. The first-order valence-electron chi connectivity index (χ1n) is 3.94. The maximum atomic E-state index is 5.80. The molecule has 0 bridgehead atoms. The van der Waals surface area contributed by atoms with Gasteiger partial charge in [0.1, 0.15) is 0 Å². The molecule has 0 saturated heterocycles. The van der Waals surface area contributed by atoms with E-state index < -0.39 is 0 Å². The van der Waals surface area contributed by atoms with Crippen molar-refractivity contribution in [3.05, 3.63) is 41.2 Å². The molecule has 0 amide bonds. The lowest BCUT2D eigenvalue weighted by atomic mass is 10.1. The molecule has 2 aromatic rings. The lowest BCUT2D eigenvalue weighted by molar-refractivity contribution is 0.422. The molecule has 0 saturated carbocycles. The van der Waals surface area contributed by atoms with Crippen LogP contribution in [0.3, 0.4) is 0 Å². The van der Waals surface area contributed by atoms with Gasteiger partial charge < -0.3 is 4.52 Å². The van der Waals surface area contributed by atoms with Crippen LogP contribution >= 0.6 is 11.6 Å². The van der Waals surface area contributed by atoms with Crippen molar-refractivity contribution < 1.29 is 4.52 Å². The van der Waals surface area contributed by atoms with Crippen LogP contribution in [-0.2, 0) is 0 Å². The fourth-order valence-electron chi connectivity index (χ4n) is 1.23. The topological polar surface area (TPSA) is 26.0 Å². The van der Waals surface area contributed by atoms with Gasteiger partial charge in [-0.15, -0.1) is 0 Å². The number of rotatable bonds is 1. The third kappa shape index (κ3) is 1.58. The molecule has 13 heavy (non-hydrogen) atoms. The number of aryl methyl sites for hydroxylation is 1. The molecule has 1 heterocycles. The summed E-state index contributed by atoms with van der Waals surface area (Å²) in [5, 5.41) is 3.96. The first-order chi connectivity index (χ1) is 6.27. The summed E-state index contributed by atoms with van der Waals surface area (Å²) in [6.07, 6.45) is 1.62. The smallest absolute Gasteiger partial charge is 0.233 e. The van der Waals surface area contributed by atoms with Gasteiger partial charge in [-0.1, -0.05) is 35.0 Å². The molecule has 0 unspecified atom stereocenters. The Kier molecular flexibility index (Phi) is 2.07. The van der Waals surface area contributed by atoms with E-state index in [0.29, 0.717) is 5.22 Å². The van der Waals surface area contributed by atoms with Crippen molar-refractivity contribution in [3.8, 4) is 11.1 Å². The first kappa shape index (κ1) is 8.32. The quantitative estimate of drug-likeness (QED) is 0.695. The zero-order valence-corrected chi connectivity index (χ0v) is 7.88. The van der Waals surface area contributed by atoms with Gasteiger partial charge in [0, 0.05) is 0 Å². The van der Waals surface area contributed by atoms with Crippen LogP contribution in [-0.4, -0.2) is 5.16 Å². The summed E-state index contributed by atoms with van der Waals surface area (Å²) < 4.78 is 4.77. The van der Waals surface area contributed by atoms with Crippen LogP contribution in [0.15, 0.2) is 35.0 Å². The number of hydrogen-bond acceptors (Lipinski definition) is 2. The fourth-order valence-corrected chi connectivity index (χ4v) is 1.42. The van der Waals surface area contributed by atoms with Crippen molar-refractivity contribution in [1.82, 2.24) is 5.16 Å². The Morgan fingerprint density at radius 3 is 2.85 bits per heavy atom. The summed E-state index contributed by atoms with van der Waals surface area (Å²) >= 11 is 5.80. The Bertz CT molecular complexity index is 422.